The number of carbonyl (C=O) groups is 1. The predicted octanol–water partition coefficient (Wildman–Crippen LogP) is 3.32. The van der Waals surface area contributed by atoms with Gasteiger partial charge in [-0.25, -0.2) is 0 Å². The molecule has 0 aliphatic heterocycles. The highest BCUT2D eigenvalue weighted by atomic mass is 16.5. The van der Waals surface area contributed by atoms with Crippen molar-refractivity contribution in [2.75, 3.05) is 19.4 Å². The number of carbonyl (C=O) groups excluding carboxylic acids is 1. The Morgan fingerprint density at radius 2 is 2.05 bits per heavy atom. The molecule has 0 unspecified atom stereocenters. The van der Waals surface area contributed by atoms with Crippen LogP contribution in [0, 0.1) is 5.92 Å². The number of nitrogens with two attached hydrogens (primary N) is 1. The van der Waals surface area contributed by atoms with Crippen molar-refractivity contribution in [1.29, 1.82) is 0 Å². The number of methoxy groups -OCH3 is 1. The second kappa shape index (κ2) is 6.83. The van der Waals surface area contributed by atoms with Crippen LogP contribution in [0.15, 0.2) is 18.2 Å². The Kier molecular flexibility index (Phi) is 5.10. The van der Waals surface area contributed by atoms with Crippen LogP contribution < -0.4 is 10.5 Å². The van der Waals surface area contributed by atoms with Gasteiger partial charge in [0.15, 0.2) is 0 Å². The maximum atomic E-state index is 12.9. The summed E-state index contributed by atoms with van der Waals surface area (Å²) in [6.07, 6.45) is 4.62. The third-order valence-corrected chi connectivity index (χ3v) is 4.10. The van der Waals surface area contributed by atoms with Crippen molar-refractivity contribution >= 4 is 11.6 Å². The van der Waals surface area contributed by atoms with E-state index >= 15 is 0 Å². The molecule has 0 saturated heterocycles. The molecule has 0 bridgehead atoms. The van der Waals surface area contributed by atoms with Crippen LogP contribution in [0.3, 0.4) is 0 Å². The molecular weight excluding hydrogens is 264 g/mol. The highest BCUT2D eigenvalue weighted by Gasteiger charge is 2.29. The summed E-state index contributed by atoms with van der Waals surface area (Å²) >= 11 is 0. The summed E-state index contributed by atoms with van der Waals surface area (Å²) in [5, 5.41) is 0. The number of benzene rings is 1. The van der Waals surface area contributed by atoms with E-state index in [1.54, 1.807) is 19.2 Å². The normalized spacial score (nSPS) is 15.4. The molecule has 1 aliphatic carbocycles. The van der Waals surface area contributed by atoms with Gasteiger partial charge in [0, 0.05) is 12.6 Å². The lowest BCUT2D eigenvalue weighted by Gasteiger charge is -2.31. The van der Waals surface area contributed by atoms with Crippen molar-refractivity contribution in [2.45, 2.75) is 45.6 Å². The third kappa shape index (κ3) is 3.49. The van der Waals surface area contributed by atoms with Gasteiger partial charge in [-0.3, -0.25) is 4.79 Å². The first-order valence-corrected chi connectivity index (χ1v) is 7.78. The van der Waals surface area contributed by atoms with Crippen molar-refractivity contribution < 1.29 is 9.53 Å². The van der Waals surface area contributed by atoms with E-state index in [4.69, 9.17) is 10.5 Å². The Balaban J connectivity index is 2.29. The minimum absolute atomic E-state index is 0.0343. The van der Waals surface area contributed by atoms with Crippen molar-refractivity contribution in [2.24, 2.45) is 5.92 Å². The van der Waals surface area contributed by atoms with Crippen molar-refractivity contribution in [3.8, 4) is 5.75 Å². The molecule has 0 spiro atoms. The fourth-order valence-electron chi connectivity index (χ4n) is 3.07. The molecule has 4 heteroatoms. The quantitative estimate of drug-likeness (QED) is 0.846. The van der Waals surface area contributed by atoms with Crippen LogP contribution in [0.4, 0.5) is 5.69 Å². The van der Waals surface area contributed by atoms with Gasteiger partial charge in [-0.15, -0.1) is 0 Å². The first kappa shape index (κ1) is 15.7. The molecule has 1 aromatic rings. The van der Waals surface area contributed by atoms with Gasteiger partial charge in [0.05, 0.1) is 18.4 Å². The highest BCUT2D eigenvalue weighted by molar-refractivity contribution is 6.00. The van der Waals surface area contributed by atoms with E-state index in [-0.39, 0.29) is 5.91 Å². The van der Waals surface area contributed by atoms with Crippen molar-refractivity contribution in [3.63, 3.8) is 0 Å². The summed E-state index contributed by atoms with van der Waals surface area (Å²) in [6.45, 7) is 5.06. The first-order valence-electron chi connectivity index (χ1n) is 7.78. The molecule has 0 heterocycles. The molecule has 2 rings (SSSR count). The summed E-state index contributed by atoms with van der Waals surface area (Å²) in [6, 6.07) is 5.76. The lowest BCUT2D eigenvalue weighted by molar-refractivity contribution is 0.0656. The zero-order chi connectivity index (χ0) is 15.4. The summed E-state index contributed by atoms with van der Waals surface area (Å²) in [4.78, 5) is 15.0. The van der Waals surface area contributed by atoms with Crippen LogP contribution in [0.1, 0.15) is 49.9 Å². The second-order valence-electron chi connectivity index (χ2n) is 6.21. The van der Waals surface area contributed by atoms with Crippen LogP contribution >= 0.6 is 0 Å². The van der Waals surface area contributed by atoms with Crippen LogP contribution in [0.2, 0.25) is 0 Å². The second-order valence-corrected chi connectivity index (χ2v) is 6.21. The Morgan fingerprint density at radius 3 is 2.62 bits per heavy atom. The highest BCUT2D eigenvalue weighted by Crippen LogP contribution is 2.30. The van der Waals surface area contributed by atoms with Gasteiger partial charge in [0.2, 0.25) is 0 Å². The van der Waals surface area contributed by atoms with Gasteiger partial charge in [0.25, 0.3) is 5.91 Å². The van der Waals surface area contributed by atoms with Gasteiger partial charge in [-0.05, 0) is 30.9 Å². The van der Waals surface area contributed by atoms with E-state index in [2.05, 4.69) is 13.8 Å². The predicted molar refractivity (Wildman–Crippen MR) is 85.5 cm³/mol. The molecular formula is C17H26N2O2. The molecule has 0 aromatic heterocycles. The number of hydrogen-bond donors (Lipinski definition) is 1. The first-order chi connectivity index (χ1) is 10.0. The number of nitrogen functional groups attached to an aromatic ring is 1. The minimum Gasteiger partial charge on any atom is -0.495 e. The Labute approximate surface area is 127 Å². The summed E-state index contributed by atoms with van der Waals surface area (Å²) in [7, 11) is 1.57. The molecule has 4 nitrogen and oxygen atoms in total. The largest absolute Gasteiger partial charge is 0.495 e. The van der Waals surface area contributed by atoms with Crippen LogP contribution in [-0.4, -0.2) is 30.5 Å². The van der Waals surface area contributed by atoms with Crippen LogP contribution in [0.25, 0.3) is 0 Å². The van der Waals surface area contributed by atoms with Crippen molar-refractivity contribution in [1.82, 2.24) is 4.90 Å². The van der Waals surface area contributed by atoms with E-state index < -0.39 is 0 Å². The van der Waals surface area contributed by atoms with Gasteiger partial charge in [-0.2, -0.15) is 0 Å². The zero-order valence-electron chi connectivity index (χ0n) is 13.3. The molecule has 1 aliphatic rings. The number of hydrogen-bond acceptors (Lipinski definition) is 3. The van der Waals surface area contributed by atoms with E-state index in [1.807, 2.05) is 11.0 Å². The molecule has 116 valence electrons. The van der Waals surface area contributed by atoms with Crippen LogP contribution in [0.5, 0.6) is 5.75 Å². The zero-order valence-corrected chi connectivity index (χ0v) is 13.3. The van der Waals surface area contributed by atoms with E-state index in [9.17, 15) is 4.79 Å². The fraction of sp³-hybridized carbons (Fsp3) is 0.588. The number of nitrogens with zero attached hydrogens (tertiary/aromatic N) is 1. The van der Waals surface area contributed by atoms with E-state index in [0.717, 1.165) is 19.4 Å². The topological polar surface area (TPSA) is 55.6 Å². The Morgan fingerprint density at radius 1 is 1.38 bits per heavy atom. The average molecular weight is 290 g/mol. The lowest BCUT2D eigenvalue weighted by atomic mass is 10.1. The molecule has 1 amide bonds. The lowest BCUT2D eigenvalue weighted by Crippen LogP contribution is -2.41. The summed E-state index contributed by atoms with van der Waals surface area (Å²) < 4.78 is 5.23. The molecule has 1 saturated carbocycles. The molecule has 1 aromatic carbocycles. The smallest absolute Gasteiger partial charge is 0.256 e. The van der Waals surface area contributed by atoms with Gasteiger partial charge in [-0.1, -0.05) is 32.8 Å². The number of rotatable bonds is 5. The molecule has 2 N–H and O–H groups in total. The maximum absolute atomic E-state index is 12.9. The minimum atomic E-state index is 0.0343. The van der Waals surface area contributed by atoms with Crippen LogP contribution in [-0.2, 0) is 0 Å². The summed E-state index contributed by atoms with van der Waals surface area (Å²) in [5.41, 5.74) is 7.09. The molecule has 21 heavy (non-hydrogen) atoms. The monoisotopic (exact) mass is 290 g/mol. The fourth-order valence-corrected chi connectivity index (χ4v) is 3.07. The SMILES string of the molecule is COc1cccc(C(=O)N(CC(C)C)C2CCCC2)c1N. The number of amides is 1. The standard InChI is InChI=1S/C17H26N2O2/c1-12(2)11-19(13-7-4-5-8-13)17(20)14-9-6-10-15(21-3)16(14)18/h6,9-10,12-13H,4-5,7-8,11,18H2,1-3H3. The van der Waals surface area contributed by atoms with E-state index in [0.29, 0.717) is 29.0 Å². The maximum Gasteiger partial charge on any atom is 0.256 e. The molecule has 0 radical (unpaired) electrons. The molecule has 0 atom stereocenters. The van der Waals surface area contributed by atoms with Gasteiger partial charge < -0.3 is 15.4 Å². The third-order valence-electron chi connectivity index (χ3n) is 4.10. The number of para-hydroxylation sites is 1. The Hall–Kier alpha value is -1.71. The van der Waals surface area contributed by atoms with Crippen molar-refractivity contribution in [3.05, 3.63) is 23.8 Å². The van der Waals surface area contributed by atoms with Gasteiger partial charge in [0.1, 0.15) is 5.75 Å². The van der Waals surface area contributed by atoms with Gasteiger partial charge >= 0.3 is 0 Å². The molecule has 1 fully saturated rings. The van der Waals surface area contributed by atoms with E-state index in [1.165, 1.54) is 12.8 Å². The average Bonchev–Trinajstić information content (AvgIpc) is 2.98. The number of anilines is 1. The number of ether oxygens (including phenoxy) is 1. The summed E-state index contributed by atoms with van der Waals surface area (Å²) in [5.74, 6) is 1.05. The Bertz CT molecular complexity index is 494.